The van der Waals surface area contributed by atoms with Crippen LogP contribution in [0.4, 0.5) is 4.79 Å². The van der Waals surface area contributed by atoms with Crippen LogP contribution in [0.15, 0.2) is 0 Å². The maximum absolute atomic E-state index is 12.4. The summed E-state index contributed by atoms with van der Waals surface area (Å²) < 4.78 is 5.69. The summed E-state index contributed by atoms with van der Waals surface area (Å²) >= 11 is 0. The number of carbonyl (C=O) groups excluding carboxylic acids is 2. The fourth-order valence-corrected chi connectivity index (χ4v) is 6.32. The van der Waals surface area contributed by atoms with Gasteiger partial charge >= 0.3 is 6.03 Å². The fraction of sp³-hybridized carbons (Fsp3) is 0.895. The Balaban J connectivity index is 1.28. The molecule has 25 heavy (non-hydrogen) atoms. The number of hydrogen-bond acceptors (Lipinski definition) is 4. The average molecular weight is 349 g/mol. The lowest BCUT2D eigenvalue weighted by atomic mass is 9.53. The first-order valence-electron chi connectivity index (χ1n) is 9.89. The fourth-order valence-electron chi connectivity index (χ4n) is 6.32. The molecule has 140 valence electrons. The van der Waals surface area contributed by atoms with Crippen LogP contribution in [-0.2, 0) is 9.53 Å². The van der Waals surface area contributed by atoms with Crippen LogP contribution >= 0.6 is 0 Å². The normalized spacial score (nSPS) is 43.0. The summed E-state index contributed by atoms with van der Waals surface area (Å²) in [4.78, 5) is 26.8. The molecular formula is C19H31N3O3. The van der Waals surface area contributed by atoms with Crippen molar-refractivity contribution in [3.8, 4) is 0 Å². The van der Waals surface area contributed by atoms with E-state index in [0.717, 1.165) is 50.1 Å². The van der Waals surface area contributed by atoms with Crippen molar-refractivity contribution >= 4 is 11.9 Å². The summed E-state index contributed by atoms with van der Waals surface area (Å²) in [5, 5.41) is 5.76. The highest BCUT2D eigenvalue weighted by Crippen LogP contribution is 2.55. The molecule has 6 nitrogen and oxygen atoms in total. The highest BCUT2D eigenvalue weighted by Gasteiger charge is 2.51. The van der Waals surface area contributed by atoms with Crippen molar-refractivity contribution in [1.29, 1.82) is 0 Å². The van der Waals surface area contributed by atoms with Gasteiger partial charge in [-0.1, -0.05) is 0 Å². The number of hydrogen-bond donors (Lipinski definition) is 2. The Kier molecular flexibility index (Phi) is 4.52. The Morgan fingerprint density at radius 2 is 1.52 bits per heavy atom. The molecule has 1 aliphatic heterocycles. The molecule has 4 aliphatic carbocycles. The van der Waals surface area contributed by atoms with E-state index in [1.807, 2.05) is 13.8 Å². The van der Waals surface area contributed by atoms with Gasteiger partial charge in [0.25, 0.3) is 0 Å². The van der Waals surface area contributed by atoms with E-state index in [4.69, 9.17) is 4.74 Å². The lowest BCUT2D eigenvalue weighted by Crippen LogP contribution is -2.62. The van der Waals surface area contributed by atoms with Crippen molar-refractivity contribution in [3.05, 3.63) is 0 Å². The predicted molar refractivity (Wildman–Crippen MR) is 94.0 cm³/mol. The van der Waals surface area contributed by atoms with Gasteiger partial charge in [0.1, 0.15) is 0 Å². The van der Waals surface area contributed by atoms with E-state index in [9.17, 15) is 9.59 Å². The van der Waals surface area contributed by atoms with E-state index in [2.05, 4.69) is 15.5 Å². The highest BCUT2D eigenvalue weighted by molar-refractivity contribution is 5.95. The van der Waals surface area contributed by atoms with Crippen LogP contribution in [0, 0.1) is 17.8 Å². The van der Waals surface area contributed by atoms with E-state index in [1.165, 1.54) is 19.3 Å². The van der Waals surface area contributed by atoms with Crippen LogP contribution in [0.2, 0.25) is 0 Å². The molecule has 5 rings (SSSR count). The maximum Gasteiger partial charge on any atom is 0.321 e. The van der Waals surface area contributed by atoms with Gasteiger partial charge < -0.3 is 10.1 Å². The first-order chi connectivity index (χ1) is 11.9. The van der Waals surface area contributed by atoms with Crippen LogP contribution < -0.4 is 10.6 Å². The summed E-state index contributed by atoms with van der Waals surface area (Å²) in [5.41, 5.74) is -0.0545. The minimum absolute atomic E-state index is 0.0545. The highest BCUT2D eigenvalue weighted by atomic mass is 16.5. The number of morpholine rings is 1. The number of carbonyl (C=O) groups is 2. The molecule has 2 N–H and O–H groups in total. The van der Waals surface area contributed by atoms with Crippen molar-refractivity contribution in [2.24, 2.45) is 17.8 Å². The molecule has 4 saturated carbocycles. The molecule has 3 amide bonds. The second-order valence-corrected chi connectivity index (χ2v) is 9.15. The SMILES string of the molecule is C[C@@H]1CN(CC(=O)NC(=O)NC23CC4CC(CC(C4)C2)C3)C[C@H](C)O1. The smallest absolute Gasteiger partial charge is 0.321 e. The van der Waals surface area contributed by atoms with Crippen molar-refractivity contribution in [1.82, 2.24) is 15.5 Å². The Morgan fingerprint density at radius 1 is 1.00 bits per heavy atom. The van der Waals surface area contributed by atoms with E-state index in [-0.39, 0.29) is 36.2 Å². The Bertz CT molecular complexity index is 505. The Labute approximate surface area is 150 Å². The minimum Gasteiger partial charge on any atom is -0.373 e. The lowest BCUT2D eigenvalue weighted by Gasteiger charge is -2.56. The number of nitrogens with one attached hydrogen (secondary N) is 2. The standard InChI is InChI=1S/C19H31N3O3/c1-12-9-22(10-13(2)25-12)11-17(23)20-18(24)21-19-6-14-3-15(7-19)5-16(4-14)8-19/h12-16H,3-11H2,1-2H3,(H2,20,21,23,24)/t12-,13+,14?,15?,16?,19?. The monoisotopic (exact) mass is 349 g/mol. The van der Waals surface area contributed by atoms with Gasteiger partial charge in [0.15, 0.2) is 0 Å². The molecule has 5 aliphatic rings. The van der Waals surface area contributed by atoms with Crippen molar-refractivity contribution < 1.29 is 14.3 Å². The van der Waals surface area contributed by atoms with Crippen LogP contribution in [-0.4, -0.2) is 54.2 Å². The number of ether oxygens (including phenoxy) is 1. The molecule has 0 spiro atoms. The predicted octanol–water partition coefficient (Wildman–Crippen LogP) is 1.89. The molecule has 0 aromatic rings. The molecule has 4 bridgehead atoms. The molecule has 0 aromatic carbocycles. The third kappa shape index (κ3) is 3.85. The van der Waals surface area contributed by atoms with Gasteiger partial charge in [0.2, 0.25) is 5.91 Å². The molecule has 0 aromatic heterocycles. The molecule has 0 unspecified atom stereocenters. The molecule has 1 heterocycles. The molecule has 6 heteroatoms. The zero-order valence-corrected chi connectivity index (χ0v) is 15.4. The van der Waals surface area contributed by atoms with Crippen LogP contribution in [0.5, 0.6) is 0 Å². The molecule has 0 radical (unpaired) electrons. The van der Waals surface area contributed by atoms with Gasteiger partial charge in [-0.2, -0.15) is 0 Å². The van der Waals surface area contributed by atoms with E-state index < -0.39 is 0 Å². The molecule has 1 saturated heterocycles. The van der Waals surface area contributed by atoms with E-state index in [0.29, 0.717) is 0 Å². The zero-order valence-electron chi connectivity index (χ0n) is 15.4. The van der Waals surface area contributed by atoms with Gasteiger partial charge in [-0.05, 0) is 70.1 Å². The number of rotatable bonds is 3. The summed E-state index contributed by atoms with van der Waals surface area (Å²) in [6.45, 7) is 5.75. The summed E-state index contributed by atoms with van der Waals surface area (Å²) in [7, 11) is 0. The zero-order chi connectivity index (χ0) is 17.6. The van der Waals surface area contributed by atoms with E-state index in [1.54, 1.807) is 0 Å². The second kappa shape index (κ2) is 6.54. The molecule has 5 fully saturated rings. The topological polar surface area (TPSA) is 70.7 Å². The van der Waals surface area contributed by atoms with Gasteiger partial charge in [0, 0.05) is 18.6 Å². The first kappa shape index (κ1) is 17.3. The van der Waals surface area contributed by atoms with Crippen molar-refractivity contribution in [2.75, 3.05) is 19.6 Å². The van der Waals surface area contributed by atoms with Gasteiger partial charge in [-0.15, -0.1) is 0 Å². The Hall–Kier alpha value is -1.14. The van der Waals surface area contributed by atoms with Crippen LogP contribution in [0.1, 0.15) is 52.4 Å². The van der Waals surface area contributed by atoms with Crippen molar-refractivity contribution in [3.63, 3.8) is 0 Å². The van der Waals surface area contributed by atoms with Crippen LogP contribution in [0.25, 0.3) is 0 Å². The largest absolute Gasteiger partial charge is 0.373 e. The average Bonchev–Trinajstić information content (AvgIpc) is 2.42. The molecular weight excluding hydrogens is 318 g/mol. The van der Waals surface area contributed by atoms with Crippen molar-refractivity contribution in [2.45, 2.75) is 70.1 Å². The van der Waals surface area contributed by atoms with Crippen LogP contribution in [0.3, 0.4) is 0 Å². The van der Waals surface area contributed by atoms with E-state index >= 15 is 0 Å². The second-order valence-electron chi connectivity index (χ2n) is 9.15. The number of nitrogens with zero attached hydrogens (tertiary/aromatic N) is 1. The van der Waals surface area contributed by atoms with Gasteiger partial charge in [0.05, 0.1) is 18.8 Å². The first-order valence-corrected chi connectivity index (χ1v) is 9.89. The number of imide groups is 1. The lowest BCUT2D eigenvalue weighted by molar-refractivity contribution is -0.124. The summed E-state index contributed by atoms with van der Waals surface area (Å²) in [6, 6.07) is -0.304. The Morgan fingerprint density at radius 3 is 2.04 bits per heavy atom. The third-order valence-electron chi connectivity index (χ3n) is 6.53. The summed E-state index contributed by atoms with van der Waals surface area (Å²) in [6.07, 6.45) is 7.56. The third-order valence-corrected chi connectivity index (χ3v) is 6.53. The minimum atomic E-state index is -0.304. The number of amides is 3. The number of urea groups is 1. The molecule has 2 atom stereocenters. The van der Waals surface area contributed by atoms with Gasteiger partial charge in [-0.25, -0.2) is 4.79 Å². The quantitative estimate of drug-likeness (QED) is 0.816. The van der Waals surface area contributed by atoms with Gasteiger partial charge in [-0.3, -0.25) is 15.0 Å². The maximum atomic E-state index is 12.4. The summed E-state index contributed by atoms with van der Waals surface area (Å²) in [5.74, 6) is 2.11.